The molecular weight excluding hydrogens is 376 g/mol. The Bertz CT molecular complexity index is 827. The molecule has 4 fully saturated rings. The highest BCUT2D eigenvalue weighted by molar-refractivity contribution is 6.18. The molecule has 30 heavy (non-hydrogen) atoms. The van der Waals surface area contributed by atoms with Crippen LogP contribution in [0.5, 0.6) is 0 Å². The second kappa shape index (κ2) is 6.77. The first-order valence-corrected chi connectivity index (χ1v) is 12.3. The Balaban J connectivity index is 1.50. The molecule has 0 aromatic rings. The topological polar surface area (TPSA) is 60.4 Å². The zero-order chi connectivity index (χ0) is 21.3. The van der Waals surface area contributed by atoms with Crippen molar-refractivity contribution in [1.29, 1.82) is 0 Å². The predicted molar refractivity (Wildman–Crippen MR) is 114 cm³/mol. The number of Topliss-reactive ketones (excluding diaryl/α,β-unsaturated/α-hetero) is 1. The van der Waals surface area contributed by atoms with Crippen LogP contribution in [0.25, 0.3) is 0 Å². The molecule has 0 N–H and O–H groups in total. The summed E-state index contributed by atoms with van der Waals surface area (Å²) < 4.78 is 5.61. The molecule has 4 heteroatoms. The molecule has 4 aliphatic carbocycles. The molecule has 5 rings (SSSR count). The summed E-state index contributed by atoms with van der Waals surface area (Å²) in [6.45, 7) is 7.12. The highest BCUT2D eigenvalue weighted by Gasteiger charge is 2.64. The zero-order valence-corrected chi connectivity index (χ0v) is 18.8. The Morgan fingerprint density at radius 2 is 1.80 bits per heavy atom. The van der Waals surface area contributed by atoms with Crippen LogP contribution in [-0.4, -0.2) is 23.1 Å². The molecule has 5 aliphatic rings. The van der Waals surface area contributed by atoms with E-state index in [1.54, 1.807) is 6.08 Å². The number of carbonyl (C=O) groups excluding carboxylic acids is 3. The van der Waals surface area contributed by atoms with E-state index in [-0.39, 0.29) is 29.8 Å². The summed E-state index contributed by atoms with van der Waals surface area (Å²) >= 11 is 0. The lowest BCUT2D eigenvalue weighted by Crippen LogP contribution is -2.61. The third-order valence-corrected chi connectivity index (χ3v) is 10.2. The molecule has 1 heterocycles. The van der Waals surface area contributed by atoms with Gasteiger partial charge in [0.15, 0.2) is 5.78 Å². The van der Waals surface area contributed by atoms with E-state index in [0.717, 1.165) is 24.7 Å². The van der Waals surface area contributed by atoms with Crippen LogP contribution >= 0.6 is 0 Å². The molecule has 164 valence electrons. The van der Waals surface area contributed by atoms with Gasteiger partial charge in [-0.3, -0.25) is 14.4 Å². The van der Waals surface area contributed by atoms with Gasteiger partial charge in [0.1, 0.15) is 0 Å². The Morgan fingerprint density at radius 3 is 2.57 bits per heavy atom. The number of fused-ring (bicyclic) bond motifs is 5. The average Bonchev–Trinajstić information content (AvgIpc) is 3.03. The molecule has 4 nitrogen and oxygen atoms in total. The Morgan fingerprint density at radius 1 is 1.00 bits per heavy atom. The maximum absolute atomic E-state index is 13.1. The lowest BCUT2D eigenvalue weighted by molar-refractivity contribution is -0.184. The highest BCUT2D eigenvalue weighted by Crippen LogP contribution is 2.67. The fourth-order valence-electron chi connectivity index (χ4n) is 8.66. The Kier molecular flexibility index (Phi) is 4.62. The molecule has 0 bridgehead atoms. The number of allylic oxidation sites excluding steroid dienone is 1. The first-order valence-electron chi connectivity index (χ1n) is 12.3. The molecule has 0 aromatic heterocycles. The summed E-state index contributed by atoms with van der Waals surface area (Å²) in [5, 5.41) is 0. The zero-order valence-electron chi connectivity index (χ0n) is 18.8. The van der Waals surface area contributed by atoms with Crippen molar-refractivity contribution < 1.29 is 19.1 Å². The van der Waals surface area contributed by atoms with Crippen LogP contribution < -0.4 is 0 Å². The van der Waals surface area contributed by atoms with Gasteiger partial charge in [0.05, 0.1) is 6.42 Å². The molecule has 0 radical (unpaired) electrons. The molecule has 1 spiro atoms. The number of esters is 1. The summed E-state index contributed by atoms with van der Waals surface area (Å²) in [4.78, 5) is 38.1. The number of ether oxygens (including phenoxy) is 1. The van der Waals surface area contributed by atoms with E-state index in [9.17, 15) is 14.4 Å². The van der Waals surface area contributed by atoms with E-state index in [1.165, 1.54) is 44.1 Å². The maximum Gasteiger partial charge on any atom is 0.307 e. The Labute approximate surface area is 180 Å². The summed E-state index contributed by atoms with van der Waals surface area (Å²) in [6, 6.07) is 0. The molecule has 1 unspecified atom stereocenters. The van der Waals surface area contributed by atoms with Crippen molar-refractivity contribution in [2.75, 3.05) is 0 Å². The minimum atomic E-state index is -1.54. The van der Waals surface area contributed by atoms with Crippen LogP contribution in [0, 0.1) is 34.5 Å². The van der Waals surface area contributed by atoms with Crippen molar-refractivity contribution in [3.05, 3.63) is 11.6 Å². The van der Waals surface area contributed by atoms with E-state index in [1.807, 2.05) is 0 Å². The van der Waals surface area contributed by atoms with Crippen molar-refractivity contribution in [3.63, 3.8) is 0 Å². The fourth-order valence-corrected chi connectivity index (χ4v) is 8.66. The molecule has 1 saturated heterocycles. The van der Waals surface area contributed by atoms with Gasteiger partial charge in [-0.2, -0.15) is 0 Å². The number of hydrogen-bond donors (Lipinski definition) is 0. The van der Waals surface area contributed by atoms with E-state index >= 15 is 0 Å². The van der Waals surface area contributed by atoms with Crippen LogP contribution in [0.4, 0.5) is 0 Å². The van der Waals surface area contributed by atoms with Crippen LogP contribution in [0.3, 0.4) is 0 Å². The standard InChI is InChI=1S/C26H36O4/c1-4-5-16-7-9-19-18-8-6-17-14-22(28)26(21(27)10-11-23(29)30-26)15-25(17,3)20(18)12-13-24(16,19)2/h14,16,18-20H,4-13,15H2,1-3H3/t16-,18-,19-,20-,24+,25-,26?/m0/s1. The minimum absolute atomic E-state index is 0.104. The second-order valence-electron chi connectivity index (χ2n) is 11.4. The molecule has 0 aromatic carbocycles. The van der Waals surface area contributed by atoms with Gasteiger partial charge in [-0.25, -0.2) is 0 Å². The van der Waals surface area contributed by atoms with Crippen molar-refractivity contribution >= 4 is 17.5 Å². The van der Waals surface area contributed by atoms with E-state index in [4.69, 9.17) is 4.74 Å². The first kappa shape index (κ1) is 20.5. The summed E-state index contributed by atoms with van der Waals surface area (Å²) in [7, 11) is 0. The van der Waals surface area contributed by atoms with Gasteiger partial charge in [-0.15, -0.1) is 0 Å². The van der Waals surface area contributed by atoms with Crippen molar-refractivity contribution in [2.45, 2.75) is 97.0 Å². The Hall–Kier alpha value is -1.45. The largest absolute Gasteiger partial charge is 0.442 e. The van der Waals surface area contributed by atoms with E-state index < -0.39 is 11.6 Å². The number of hydrogen-bond acceptors (Lipinski definition) is 4. The maximum atomic E-state index is 13.1. The van der Waals surface area contributed by atoms with Gasteiger partial charge in [0, 0.05) is 12.8 Å². The number of rotatable bonds is 2. The van der Waals surface area contributed by atoms with Crippen LogP contribution in [0.1, 0.15) is 91.4 Å². The van der Waals surface area contributed by atoms with Crippen LogP contribution in [0.2, 0.25) is 0 Å². The summed E-state index contributed by atoms with van der Waals surface area (Å²) in [5.74, 6) is 1.88. The van der Waals surface area contributed by atoms with Gasteiger partial charge in [0.25, 0.3) is 0 Å². The van der Waals surface area contributed by atoms with E-state index in [0.29, 0.717) is 23.7 Å². The monoisotopic (exact) mass is 412 g/mol. The number of carbonyl (C=O) groups is 3. The smallest absolute Gasteiger partial charge is 0.307 e. The summed E-state index contributed by atoms with van der Waals surface area (Å²) in [5.41, 5.74) is -0.102. The van der Waals surface area contributed by atoms with Crippen molar-refractivity contribution in [3.8, 4) is 0 Å². The molecule has 1 aliphatic heterocycles. The molecule has 0 amide bonds. The molecular formula is C26H36O4. The molecule has 3 saturated carbocycles. The third-order valence-electron chi connectivity index (χ3n) is 10.2. The lowest BCUT2D eigenvalue weighted by atomic mass is 9.45. The SMILES string of the molecule is CCC[C@H]1CC[C@H]2[C@@H]3CCC4=CC(=O)C5(C[C@]4(C)[C@H]3CC[C@]12C)OC(=O)CCC5=O. The van der Waals surface area contributed by atoms with Crippen molar-refractivity contribution in [2.24, 2.45) is 34.5 Å². The second-order valence-corrected chi connectivity index (χ2v) is 11.4. The minimum Gasteiger partial charge on any atom is -0.442 e. The van der Waals surface area contributed by atoms with Gasteiger partial charge >= 0.3 is 5.97 Å². The number of ketones is 2. The first-order chi connectivity index (χ1) is 14.2. The molecule has 7 atom stereocenters. The van der Waals surface area contributed by atoms with Gasteiger partial charge in [0.2, 0.25) is 11.4 Å². The normalized spacial score (nSPS) is 48.0. The van der Waals surface area contributed by atoms with E-state index in [2.05, 4.69) is 20.8 Å². The van der Waals surface area contributed by atoms with Gasteiger partial charge < -0.3 is 4.74 Å². The quantitative estimate of drug-likeness (QED) is 0.463. The third kappa shape index (κ3) is 2.61. The highest BCUT2D eigenvalue weighted by atomic mass is 16.6. The van der Waals surface area contributed by atoms with Crippen LogP contribution in [-0.2, 0) is 19.1 Å². The average molecular weight is 413 g/mol. The summed E-state index contributed by atoms with van der Waals surface area (Å²) in [6.07, 6.45) is 12.1. The fraction of sp³-hybridized carbons (Fsp3) is 0.808. The lowest BCUT2D eigenvalue weighted by Gasteiger charge is -2.59. The van der Waals surface area contributed by atoms with Gasteiger partial charge in [-0.05, 0) is 79.1 Å². The van der Waals surface area contributed by atoms with Crippen molar-refractivity contribution in [1.82, 2.24) is 0 Å². The van der Waals surface area contributed by atoms with Gasteiger partial charge in [-0.1, -0.05) is 39.2 Å². The predicted octanol–water partition coefficient (Wildman–Crippen LogP) is 5.19. The van der Waals surface area contributed by atoms with Crippen LogP contribution in [0.15, 0.2) is 11.6 Å².